The molecule has 3 rings (SSSR count). The van der Waals surface area contributed by atoms with Crippen LogP contribution in [0.25, 0.3) is 10.9 Å². The highest BCUT2D eigenvalue weighted by Crippen LogP contribution is 2.32. The Morgan fingerprint density at radius 3 is 2.58 bits per heavy atom. The first-order valence-electron chi connectivity index (χ1n) is 6.88. The molecule has 24 heavy (non-hydrogen) atoms. The molecule has 0 aliphatic rings. The fourth-order valence-corrected chi connectivity index (χ4v) is 2.87. The first-order chi connectivity index (χ1) is 11.4. The zero-order chi connectivity index (χ0) is 17.3. The number of nitrogens with zero attached hydrogens (tertiary/aromatic N) is 2. The van der Waals surface area contributed by atoms with Gasteiger partial charge in [-0.1, -0.05) is 0 Å². The van der Waals surface area contributed by atoms with Gasteiger partial charge in [0.05, 0.1) is 15.2 Å². The Morgan fingerprint density at radius 2 is 1.96 bits per heavy atom. The number of nitrogens with one attached hydrogen (secondary N) is 1. The smallest absolute Gasteiger partial charge is 0.156 e. The van der Waals surface area contributed by atoms with Crippen LogP contribution in [0.2, 0.25) is 0 Å². The normalized spacial score (nSPS) is 13.2. The van der Waals surface area contributed by atoms with Crippen LogP contribution in [-0.4, -0.2) is 15.4 Å². The molecule has 0 bridgehead atoms. The van der Waals surface area contributed by atoms with Gasteiger partial charge in [-0.2, -0.15) is 5.26 Å². The van der Waals surface area contributed by atoms with E-state index in [1.165, 1.54) is 30.7 Å². The summed E-state index contributed by atoms with van der Waals surface area (Å²) < 4.78 is 38.4. The van der Waals surface area contributed by atoms with E-state index in [0.717, 1.165) is 0 Å². The molecular weight excluding hydrogens is 329 g/mol. The van der Waals surface area contributed by atoms with Crippen LogP contribution in [0.4, 0.5) is 4.39 Å². The second-order valence-electron chi connectivity index (χ2n) is 5.19. The molecule has 0 aliphatic carbocycles. The van der Waals surface area contributed by atoms with Gasteiger partial charge < -0.3 is 4.74 Å². The molecule has 0 spiro atoms. The molecule has 2 aromatic carbocycles. The van der Waals surface area contributed by atoms with Gasteiger partial charge in [0.15, 0.2) is 5.75 Å². The second-order valence-corrected chi connectivity index (χ2v) is 7.35. The molecule has 0 fully saturated rings. The first-order valence-corrected chi connectivity index (χ1v) is 8.85. The standard InChI is InChI=1S/C17H12FN3O2S/c1-24(20,22)14-5-3-13(4-6-14)23-17-11(9-19)10-21-16-8-12(18)2-7-15(16)17/h2-8,10,20H,1H3. The summed E-state index contributed by atoms with van der Waals surface area (Å²) in [5.74, 6) is 0.261. The molecule has 120 valence electrons. The molecule has 0 aliphatic heterocycles. The lowest BCUT2D eigenvalue weighted by atomic mass is 10.1. The summed E-state index contributed by atoms with van der Waals surface area (Å²) in [5.41, 5.74) is 0.598. The van der Waals surface area contributed by atoms with Crippen molar-refractivity contribution in [2.45, 2.75) is 4.90 Å². The van der Waals surface area contributed by atoms with E-state index in [0.29, 0.717) is 21.5 Å². The van der Waals surface area contributed by atoms with E-state index in [2.05, 4.69) is 4.98 Å². The monoisotopic (exact) mass is 341 g/mol. The van der Waals surface area contributed by atoms with Gasteiger partial charge in [-0.25, -0.2) is 13.4 Å². The van der Waals surface area contributed by atoms with E-state index in [4.69, 9.17) is 9.52 Å². The molecule has 7 heteroatoms. The highest BCUT2D eigenvalue weighted by molar-refractivity contribution is 7.91. The van der Waals surface area contributed by atoms with Gasteiger partial charge in [0.2, 0.25) is 0 Å². The predicted molar refractivity (Wildman–Crippen MR) is 88.0 cm³/mol. The third-order valence-electron chi connectivity index (χ3n) is 3.40. The summed E-state index contributed by atoms with van der Waals surface area (Å²) in [4.78, 5) is 4.44. The lowest BCUT2D eigenvalue weighted by Gasteiger charge is -2.11. The number of fused-ring (bicyclic) bond motifs is 1. The molecule has 1 heterocycles. The molecule has 1 unspecified atom stereocenters. The van der Waals surface area contributed by atoms with E-state index in [9.17, 15) is 13.9 Å². The number of nitriles is 1. The topological polar surface area (TPSA) is 86.8 Å². The minimum atomic E-state index is -2.80. The summed E-state index contributed by atoms with van der Waals surface area (Å²) in [6.45, 7) is 0. The molecule has 1 N–H and O–H groups in total. The van der Waals surface area contributed by atoms with Crippen molar-refractivity contribution in [1.29, 1.82) is 10.0 Å². The van der Waals surface area contributed by atoms with Crippen molar-refractivity contribution in [2.24, 2.45) is 0 Å². The van der Waals surface area contributed by atoms with Crippen molar-refractivity contribution in [2.75, 3.05) is 6.26 Å². The minimum Gasteiger partial charge on any atom is -0.455 e. The maximum absolute atomic E-state index is 13.3. The number of ether oxygens (including phenoxy) is 1. The van der Waals surface area contributed by atoms with E-state index < -0.39 is 15.5 Å². The molecule has 1 aromatic heterocycles. The highest BCUT2D eigenvalue weighted by atomic mass is 32.2. The Morgan fingerprint density at radius 1 is 1.25 bits per heavy atom. The van der Waals surface area contributed by atoms with Gasteiger partial charge in [-0.05, 0) is 36.4 Å². The van der Waals surface area contributed by atoms with Gasteiger partial charge in [-0.3, -0.25) is 4.98 Å². The highest BCUT2D eigenvalue weighted by Gasteiger charge is 2.12. The Hall–Kier alpha value is -2.98. The maximum atomic E-state index is 13.3. The fraction of sp³-hybridized carbons (Fsp3) is 0.0588. The fourth-order valence-electron chi connectivity index (χ4n) is 2.22. The molecule has 1 atom stereocenters. The number of halogens is 1. The molecular formula is C17H12FN3O2S. The SMILES string of the molecule is CS(=N)(=O)c1ccc(Oc2c(C#N)cnc3cc(F)ccc23)cc1. The number of aromatic nitrogens is 1. The van der Waals surface area contributed by atoms with Crippen LogP contribution in [0.5, 0.6) is 11.5 Å². The summed E-state index contributed by atoms with van der Waals surface area (Å²) in [7, 11) is -2.80. The van der Waals surface area contributed by atoms with Gasteiger partial charge in [0.1, 0.15) is 23.2 Å². The van der Waals surface area contributed by atoms with Crippen LogP contribution in [0.15, 0.2) is 53.6 Å². The van der Waals surface area contributed by atoms with Crippen LogP contribution in [-0.2, 0) is 9.73 Å². The molecule has 5 nitrogen and oxygen atoms in total. The van der Waals surface area contributed by atoms with Crippen LogP contribution in [0.1, 0.15) is 5.56 Å². The van der Waals surface area contributed by atoms with Gasteiger partial charge >= 0.3 is 0 Å². The van der Waals surface area contributed by atoms with Gasteiger partial charge in [-0.15, -0.1) is 0 Å². The largest absolute Gasteiger partial charge is 0.455 e. The van der Waals surface area contributed by atoms with Crippen LogP contribution in [0, 0.1) is 21.9 Å². The number of pyridine rings is 1. The third-order valence-corrected chi connectivity index (χ3v) is 4.57. The van der Waals surface area contributed by atoms with Crippen molar-refractivity contribution >= 4 is 20.6 Å². The van der Waals surface area contributed by atoms with E-state index in [-0.39, 0.29) is 11.3 Å². The number of benzene rings is 2. The summed E-state index contributed by atoms with van der Waals surface area (Å²) in [6, 6.07) is 12.3. The quantitative estimate of drug-likeness (QED) is 0.778. The van der Waals surface area contributed by atoms with Crippen molar-refractivity contribution in [3.63, 3.8) is 0 Å². The average molecular weight is 341 g/mol. The average Bonchev–Trinajstić information content (AvgIpc) is 2.54. The zero-order valence-electron chi connectivity index (χ0n) is 12.6. The lowest BCUT2D eigenvalue weighted by molar-refractivity contribution is 0.485. The summed E-state index contributed by atoms with van der Waals surface area (Å²) in [5, 5.41) is 9.77. The summed E-state index contributed by atoms with van der Waals surface area (Å²) >= 11 is 0. The van der Waals surface area contributed by atoms with Gasteiger partial charge in [0.25, 0.3) is 0 Å². The van der Waals surface area contributed by atoms with Crippen molar-refractivity contribution < 1.29 is 13.3 Å². The molecule has 0 amide bonds. The maximum Gasteiger partial charge on any atom is 0.156 e. The minimum absolute atomic E-state index is 0.220. The van der Waals surface area contributed by atoms with E-state index in [1.54, 1.807) is 24.3 Å². The predicted octanol–water partition coefficient (Wildman–Crippen LogP) is 4.07. The van der Waals surface area contributed by atoms with Crippen LogP contribution < -0.4 is 4.74 Å². The Kier molecular flexibility index (Phi) is 3.91. The Balaban J connectivity index is 2.08. The summed E-state index contributed by atoms with van der Waals surface area (Å²) in [6.07, 6.45) is 2.66. The Labute approximate surface area is 138 Å². The number of hydrogen-bond donors (Lipinski definition) is 1. The first kappa shape index (κ1) is 15.9. The lowest BCUT2D eigenvalue weighted by Crippen LogP contribution is -1.96. The van der Waals surface area contributed by atoms with Crippen molar-refractivity contribution in [3.05, 3.63) is 60.0 Å². The third kappa shape index (κ3) is 3.05. The number of rotatable bonds is 3. The van der Waals surface area contributed by atoms with Crippen molar-refractivity contribution in [3.8, 4) is 17.6 Å². The van der Waals surface area contributed by atoms with Crippen molar-refractivity contribution in [1.82, 2.24) is 4.98 Å². The van der Waals surface area contributed by atoms with Crippen LogP contribution >= 0.6 is 0 Å². The number of hydrogen-bond acceptors (Lipinski definition) is 5. The molecule has 3 aromatic rings. The molecule has 0 saturated heterocycles. The molecule has 0 saturated carbocycles. The Bertz CT molecular complexity index is 1070. The van der Waals surface area contributed by atoms with E-state index >= 15 is 0 Å². The van der Waals surface area contributed by atoms with E-state index in [1.807, 2.05) is 6.07 Å². The second kappa shape index (κ2) is 5.91. The molecule has 0 radical (unpaired) electrons. The zero-order valence-corrected chi connectivity index (χ0v) is 13.4. The van der Waals surface area contributed by atoms with Gasteiger partial charge in [0, 0.05) is 28.8 Å². The van der Waals surface area contributed by atoms with Crippen LogP contribution in [0.3, 0.4) is 0 Å².